The lowest BCUT2D eigenvalue weighted by atomic mass is 9.89. The van der Waals surface area contributed by atoms with Crippen LogP contribution < -0.4 is 10.6 Å². The molecule has 66 heavy (non-hydrogen) atoms. The van der Waals surface area contributed by atoms with Gasteiger partial charge in [0.1, 0.15) is 22.6 Å². The van der Waals surface area contributed by atoms with Crippen LogP contribution in [0.3, 0.4) is 0 Å². The van der Waals surface area contributed by atoms with Gasteiger partial charge in [-0.2, -0.15) is 10.2 Å². The first-order chi connectivity index (χ1) is 31.5. The number of carbonyl (C=O) groups excluding carboxylic acids is 2. The van der Waals surface area contributed by atoms with E-state index in [1.807, 2.05) is 102 Å². The largest absolute Gasteiger partial charge is 0.444 e. The number of aromatic amines is 2. The number of ether oxygens (including phenoxy) is 2. The maximum Gasteiger partial charge on any atom is 0.410 e. The molecule has 16 nitrogen and oxygen atoms in total. The van der Waals surface area contributed by atoms with Gasteiger partial charge < -0.3 is 29.9 Å². The van der Waals surface area contributed by atoms with Crippen LogP contribution >= 0.6 is 23.2 Å². The van der Waals surface area contributed by atoms with Crippen molar-refractivity contribution in [2.45, 2.75) is 90.3 Å². The van der Waals surface area contributed by atoms with E-state index in [9.17, 15) is 9.59 Å². The van der Waals surface area contributed by atoms with E-state index in [0.29, 0.717) is 48.1 Å². The van der Waals surface area contributed by atoms with Gasteiger partial charge in [0.05, 0.1) is 11.4 Å². The smallest absolute Gasteiger partial charge is 0.410 e. The van der Waals surface area contributed by atoms with Crippen molar-refractivity contribution in [2.24, 2.45) is 0 Å². The number of nitrogens with one attached hydrogen (secondary N) is 4. The Balaban J connectivity index is 0.000000196. The van der Waals surface area contributed by atoms with E-state index < -0.39 is 11.2 Å². The highest BCUT2D eigenvalue weighted by molar-refractivity contribution is 6.31. The number of aromatic nitrogens is 8. The summed E-state index contributed by atoms with van der Waals surface area (Å²) in [6.45, 7) is 13.8. The van der Waals surface area contributed by atoms with Gasteiger partial charge in [0, 0.05) is 108 Å². The van der Waals surface area contributed by atoms with E-state index in [1.54, 1.807) is 36.3 Å². The third kappa shape index (κ3) is 11.8. The van der Waals surface area contributed by atoms with E-state index in [4.69, 9.17) is 32.7 Å². The number of halogens is 2. The molecule has 2 aliphatic heterocycles. The van der Waals surface area contributed by atoms with Crippen molar-refractivity contribution >= 4 is 47.3 Å². The van der Waals surface area contributed by atoms with Crippen LogP contribution in [0.1, 0.15) is 90.4 Å². The Morgan fingerprint density at radius 3 is 1.26 bits per heavy atom. The molecule has 2 fully saturated rings. The second-order valence-corrected chi connectivity index (χ2v) is 19.1. The number of anilines is 2. The third-order valence-electron chi connectivity index (χ3n) is 11.2. The van der Waals surface area contributed by atoms with Gasteiger partial charge in [0.25, 0.3) is 0 Å². The first-order valence-electron chi connectivity index (χ1n) is 22.2. The normalized spacial score (nSPS) is 14.9. The van der Waals surface area contributed by atoms with Gasteiger partial charge in [-0.05, 0) is 104 Å². The number of amides is 2. The quantitative estimate of drug-likeness (QED) is 0.113. The molecule has 0 spiro atoms. The summed E-state index contributed by atoms with van der Waals surface area (Å²) < 4.78 is 11.1. The number of hydrogen-bond donors (Lipinski definition) is 4. The minimum absolute atomic E-state index is 0.209. The highest BCUT2D eigenvalue weighted by atomic mass is 35.5. The van der Waals surface area contributed by atoms with Crippen LogP contribution in [0.25, 0.3) is 45.0 Å². The van der Waals surface area contributed by atoms with Crippen LogP contribution in [0.4, 0.5) is 21.5 Å². The van der Waals surface area contributed by atoms with Crippen molar-refractivity contribution in [1.29, 1.82) is 0 Å². The Kier molecular flexibility index (Phi) is 14.8. The summed E-state index contributed by atoms with van der Waals surface area (Å²) in [4.78, 5) is 46.4. The first-order valence-corrected chi connectivity index (χ1v) is 22.9. The Morgan fingerprint density at radius 2 is 0.939 bits per heavy atom. The Bertz CT molecular complexity index is 2410. The molecule has 0 aliphatic carbocycles. The number of hydrogen-bond acceptors (Lipinski definition) is 12. The summed E-state index contributed by atoms with van der Waals surface area (Å²) in [6.07, 6.45) is 6.17. The fourth-order valence-corrected chi connectivity index (χ4v) is 8.30. The van der Waals surface area contributed by atoms with E-state index in [-0.39, 0.29) is 24.0 Å². The molecule has 0 saturated carbocycles. The summed E-state index contributed by atoms with van der Waals surface area (Å²) in [5, 5.41) is 23.2. The first kappa shape index (κ1) is 47.7. The van der Waals surface area contributed by atoms with Crippen molar-refractivity contribution in [3.05, 3.63) is 94.5 Å². The zero-order valence-electron chi connectivity index (χ0n) is 38.7. The standard InChI is InChI=1S/2C24H29ClN6O2/c2*1-24(2,3)33-23(32)31-13-10-16(11-14-31)21-19(18-9-12-27-22(26-4)28-18)20(29-30-21)15-5-7-17(25)8-6-15/h2*5-9,12,16H,10-11,13-14H2,1-4H3,(H,29,30)(H,26,27,28). The predicted molar refractivity (Wildman–Crippen MR) is 259 cm³/mol. The molecule has 6 aromatic rings. The molecule has 2 aromatic carbocycles. The topological polar surface area (TPSA) is 192 Å². The summed E-state index contributed by atoms with van der Waals surface area (Å²) in [6, 6.07) is 19.0. The van der Waals surface area contributed by atoms with Crippen molar-refractivity contribution in [3.8, 4) is 45.0 Å². The van der Waals surface area contributed by atoms with E-state index >= 15 is 0 Å². The van der Waals surface area contributed by atoms with Gasteiger partial charge in [0.15, 0.2) is 0 Å². The van der Waals surface area contributed by atoms with Crippen molar-refractivity contribution < 1.29 is 19.1 Å². The molecule has 0 atom stereocenters. The molecule has 2 amide bonds. The zero-order valence-corrected chi connectivity index (χ0v) is 40.2. The number of carbonyl (C=O) groups is 2. The second kappa shape index (κ2) is 20.5. The molecule has 0 radical (unpaired) electrons. The fourth-order valence-electron chi connectivity index (χ4n) is 8.04. The SMILES string of the molecule is CNc1nccc(-c2c(-c3ccc(Cl)cc3)n[nH]c2C2CCN(C(=O)OC(C)(C)C)CC2)n1.CNc1nccc(-c2c(-c3ccc(Cl)cc3)n[nH]c2C2CCN(C(=O)OC(C)(C)C)CC2)n1. The molecule has 6 heterocycles. The third-order valence-corrected chi connectivity index (χ3v) is 11.7. The fraction of sp³-hybridized carbons (Fsp3) is 0.417. The number of benzene rings is 2. The average Bonchev–Trinajstić information content (AvgIpc) is 3.95. The van der Waals surface area contributed by atoms with E-state index in [1.165, 1.54) is 0 Å². The Labute approximate surface area is 395 Å². The molecule has 348 valence electrons. The Morgan fingerprint density at radius 1 is 0.591 bits per heavy atom. The molecule has 0 unspecified atom stereocenters. The lowest BCUT2D eigenvalue weighted by Crippen LogP contribution is -2.41. The molecule has 8 rings (SSSR count). The molecular weight excluding hydrogens is 880 g/mol. The van der Waals surface area contributed by atoms with Crippen LogP contribution in [0.5, 0.6) is 0 Å². The highest BCUT2D eigenvalue weighted by Gasteiger charge is 2.33. The predicted octanol–water partition coefficient (Wildman–Crippen LogP) is 10.7. The minimum Gasteiger partial charge on any atom is -0.444 e. The molecule has 2 aliphatic rings. The highest BCUT2D eigenvalue weighted by Crippen LogP contribution is 2.41. The summed E-state index contributed by atoms with van der Waals surface area (Å²) in [5.74, 6) is 1.50. The summed E-state index contributed by atoms with van der Waals surface area (Å²) in [7, 11) is 3.59. The zero-order chi connectivity index (χ0) is 47.2. The number of rotatable bonds is 8. The molecule has 4 aromatic heterocycles. The summed E-state index contributed by atoms with van der Waals surface area (Å²) in [5.41, 5.74) is 8.05. The van der Waals surface area contributed by atoms with Crippen LogP contribution in [0.15, 0.2) is 73.1 Å². The maximum absolute atomic E-state index is 12.5. The minimum atomic E-state index is -0.504. The van der Waals surface area contributed by atoms with Crippen LogP contribution in [-0.2, 0) is 9.47 Å². The van der Waals surface area contributed by atoms with Gasteiger partial charge in [-0.15, -0.1) is 0 Å². The number of H-pyrrole nitrogens is 2. The average molecular weight is 938 g/mol. The lowest BCUT2D eigenvalue weighted by Gasteiger charge is -2.33. The number of piperidine rings is 2. The molecule has 0 bridgehead atoms. The van der Waals surface area contributed by atoms with Crippen molar-refractivity contribution in [1.82, 2.24) is 50.1 Å². The second-order valence-electron chi connectivity index (χ2n) is 18.2. The molecular formula is C48H58Cl2N12O4. The van der Waals surface area contributed by atoms with Gasteiger partial charge in [-0.3, -0.25) is 10.2 Å². The van der Waals surface area contributed by atoms with Crippen LogP contribution in [0, 0.1) is 0 Å². The number of nitrogens with zero attached hydrogens (tertiary/aromatic N) is 8. The monoisotopic (exact) mass is 936 g/mol. The summed E-state index contributed by atoms with van der Waals surface area (Å²) >= 11 is 12.2. The maximum atomic E-state index is 12.5. The Hall–Kier alpha value is -6.26. The molecule has 4 N–H and O–H groups in total. The van der Waals surface area contributed by atoms with E-state index in [2.05, 4.69) is 51.0 Å². The van der Waals surface area contributed by atoms with Gasteiger partial charge >= 0.3 is 12.2 Å². The van der Waals surface area contributed by atoms with Gasteiger partial charge in [-0.25, -0.2) is 29.5 Å². The van der Waals surface area contributed by atoms with Crippen LogP contribution in [-0.4, -0.2) is 114 Å². The van der Waals surface area contributed by atoms with Crippen molar-refractivity contribution in [3.63, 3.8) is 0 Å². The van der Waals surface area contributed by atoms with Gasteiger partial charge in [-0.1, -0.05) is 47.5 Å². The van der Waals surface area contributed by atoms with E-state index in [0.717, 1.165) is 82.1 Å². The number of likely N-dealkylation sites (tertiary alicyclic amines) is 2. The van der Waals surface area contributed by atoms with Gasteiger partial charge in [0.2, 0.25) is 11.9 Å². The lowest BCUT2D eigenvalue weighted by molar-refractivity contribution is 0.0193. The molecule has 18 heteroatoms. The molecule has 2 saturated heterocycles. The van der Waals surface area contributed by atoms with Crippen LogP contribution in [0.2, 0.25) is 10.0 Å². The van der Waals surface area contributed by atoms with Crippen molar-refractivity contribution in [2.75, 3.05) is 50.9 Å².